The third-order valence-corrected chi connectivity index (χ3v) is 0.937. The fourth-order valence-corrected chi connectivity index (χ4v) is 0.594. The number of alkyl halides is 3. The van der Waals surface area contributed by atoms with Crippen molar-refractivity contribution < 1.29 is 13.2 Å². The second-order valence-electron chi connectivity index (χ2n) is 1.52. The molecule has 0 radical (unpaired) electrons. The molecule has 0 amide bonds. The Balaban J connectivity index is 4.48. The topological polar surface area (TPSA) is 24.7 Å². The van der Waals surface area contributed by atoms with E-state index in [1.807, 2.05) is 0 Å². The van der Waals surface area contributed by atoms with Gasteiger partial charge in [-0.3, -0.25) is 4.99 Å². The van der Waals surface area contributed by atoms with E-state index in [0.717, 1.165) is 5.12 Å². The van der Waals surface area contributed by atoms with Gasteiger partial charge in [0.05, 0.1) is 5.12 Å². The third kappa shape index (κ3) is 4.13. The lowest BCUT2D eigenvalue weighted by atomic mass is 10.6. The van der Waals surface area contributed by atoms with Crippen molar-refractivity contribution in [2.45, 2.75) is 13.1 Å². The zero-order valence-corrected chi connectivity index (χ0v) is 7.28. The second kappa shape index (κ2) is 4.48. The largest absolute Gasteiger partial charge is 0.451 e. The first-order valence-electron chi connectivity index (χ1n) is 2.76. The van der Waals surface area contributed by atoms with Crippen LogP contribution in [0.1, 0.15) is 6.92 Å². The summed E-state index contributed by atoms with van der Waals surface area (Å²) in [5.41, 5.74) is 0. The van der Waals surface area contributed by atoms with Gasteiger partial charge >= 0.3 is 6.18 Å². The maximum absolute atomic E-state index is 11.8. The van der Waals surface area contributed by atoms with E-state index in [-0.39, 0.29) is 6.54 Å². The van der Waals surface area contributed by atoms with Crippen molar-refractivity contribution in [1.29, 1.82) is 0 Å². The lowest BCUT2D eigenvalue weighted by molar-refractivity contribution is -0.0598. The Hall–Kier alpha value is -0.390. The summed E-state index contributed by atoms with van der Waals surface area (Å²) in [6, 6.07) is 0. The van der Waals surface area contributed by atoms with E-state index in [4.69, 9.17) is 0 Å². The number of hydrogen-bond acceptors (Lipinski definition) is 1. The molecule has 0 atom stereocenters. The molecule has 0 aromatic rings. The van der Waals surface area contributed by atoms with Gasteiger partial charge < -0.3 is 0 Å². The highest BCUT2D eigenvalue weighted by atomic mass is 79.9. The first-order chi connectivity index (χ1) is 5.02. The third-order valence-electron chi connectivity index (χ3n) is 0.733. The van der Waals surface area contributed by atoms with Crippen molar-refractivity contribution in [3.8, 4) is 0 Å². The van der Waals surface area contributed by atoms with Crippen LogP contribution >= 0.6 is 15.9 Å². The van der Waals surface area contributed by atoms with Gasteiger partial charge in [-0.2, -0.15) is 13.2 Å². The first kappa shape index (κ1) is 10.6. The lowest BCUT2D eigenvalue weighted by Crippen LogP contribution is -2.21. The minimum atomic E-state index is -4.46. The van der Waals surface area contributed by atoms with Gasteiger partial charge in [-0.15, -0.1) is 0 Å². The Morgan fingerprint density at radius 1 is 1.55 bits per heavy atom. The van der Waals surface area contributed by atoms with Crippen molar-refractivity contribution in [1.82, 2.24) is 0 Å². The molecule has 0 saturated heterocycles. The average molecular weight is 231 g/mol. The molecule has 0 saturated carbocycles. The Labute approximate surface area is 70.4 Å². The quantitative estimate of drug-likeness (QED) is 0.489. The van der Waals surface area contributed by atoms with Crippen LogP contribution in [0.5, 0.6) is 0 Å². The molecule has 0 aromatic carbocycles. The molecular weight excluding hydrogens is 225 g/mol. The molecule has 2 nitrogen and oxygen atoms in total. The van der Waals surface area contributed by atoms with E-state index in [1.54, 1.807) is 0 Å². The van der Waals surface area contributed by atoms with Gasteiger partial charge in [0.15, 0.2) is 0 Å². The minimum absolute atomic E-state index is 0.0686. The summed E-state index contributed by atoms with van der Waals surface area (Å²) in [7, 11) is 0. The fourth-order valence-electron chi connectivity index (χ4n) is 0.400. The molecule has 0 aliphatic heterocycles. The van der Waals surface area contributed by atoms with Crippen molar-refractivity contribution in [2.75, 3.05) is 6.54 Å². The second-order valence-corrected chi connectivity index (χ2v) is 1.93. The number of rotatable bonds is 1. The molecule has 0 aliphatic rings. The van der Waals surface area contributed by atoms with Crippen LogP contribution in [0, 0.1) is 0 Å². The SMILES string of the molecule is CCN=C(N=CBr)C(F)(F)F. The number of hydrogen-bond donors (Lipinski definition) is 0. The van der Waals surface area contributed by atoms with E-state index in [1.165, 1.54) is 6.92 Å². The molecule has 0 aliphatic carbocycles. The Morgan fingerprint density at radius 2 is 2.09 bits per heavy atom. The van der Waals surface area contributed by atoms with E-state index < -0.39 is 12.0 Å². The molecule has 11 heavy (non-hydrogen) atoms. The van der Waals surface area contributed by atoms with Crippen LogP contribution in [0.4, 0.5) is 13.2 Å². The number of halogens is 4. The lowest BCUT2D eigenvalue weighted by Gasteiger charge is -2.03. The van der Waals surface area contributed by atoms with E-state index in [9.17, 15) is 13.2 Å². The Kier molecular flexibility index (Phi) is 4.32. The normalized spacial score (nSPS) is 14.5. The molecule has 0 spiro atoms. The van der Waals surface area contributed by atoms with Crippen LogP contribution in [-0.2, 0) is 0 Å². The molecule has 0 rings (SSSR count). The summed E-state index contributed by atoms with van der Waals surface area (Å²) in [6.07, 6.45) is -4.46. The van der Waals surface area contributed by atoms with Crippen LogP contribution in [0.25, 0.3) is 0 Å². The van der Waals surface area contributed by atoms with Crippen LogP contribution in [0.2, 0.25) is 0 Å². The Morgan fingerprint density at radius 3 is 2.36 bits per heavy atom. The van der Waals surface area contributed by atoms with Gasteiger partial charge in [0, 0.05) is 6.54 Å². The number of amidine groups is 1. The molecule has 0 fully saturated rings. The molecule has 6 heteroatoms. The highest BCUT2D eigenvalue weighted by molar-refractivity contribution is 9.17. The minimum Gasteiger partial charge on any atom is -0.263 e. The van der Waals surface area contributed by atoms with Gasteiger partial charge in [0.25, 0.3) is 0 Å². The first-order valence-corrected chi connectivity index (χ1v) is 3.68. The van der Waals surface area contributed by atoms with Crippen LogP contribution in [-0.4, -0.2) is 23.7 Å². The van der Waals surface area contributed by atoms with Gasteiger partial charge in [-0.25, -0.2) is 4.99 Å². The molecule has 0 N–H and O–H groups in total. The molecule has 64 valence electrons. The average Bonchev–Trinajstić information content (AvgIpc) is 1.85. The molecule has 0 aromatic heterocycles. The van der Waals surface area contributed by atoms with Crippen molar-refractivity contribution in [3.63, 3.8) is 0 Å². The predicted molar refractivity (Wildman–Crippen MR) is 41.5 cm³/mol. The van der Waals surface area contributed by atoms with Gasteiger partial charge in [0.2, 0.25) is 5.84 Å². The zero-order chi connectivity index (χ0) is 8.91. The monoisotopic (exact) mass is 230 g/mol. The summed E-state index contributed by atoms with van der Waals surface area (Å²) >= 11 is 2.64. The van der Waals surface area contributed by atoms with E-state index in [2.05, 4.69) is 25.9 Å². The van der Waals surface area contributed by atoms with Crippen LogP contribution in [0.15, 0.2) is 9.98 Å². The van der Waals surface area contributed by atoms with Gasteiger partial charge in [-0.05, 0) is 22.9 Å². The van der Waals surface area contributed by atoms with Crippen molar-refractivity contribution in [3.05, 3.63) is 0 Å². The molecule has 0 unspecified atom stereocenters. The van der Waals surface area contributed by atoms with Gasteiger partial charge in [-0.1, -0.05) is 0 Å². The highest BCUT2D eigenvalue weighted by Gasteiger charge is 2.35. The van der Waals surface area contributed by atoms with Crippen molar-refractivity contribution in [2.24, 2.45) is 9.98 Å². The van der Waals surface area contributed by atoms with E-state index >= 15 is 0 Å². The predicted octanol–water partition coefficient (Wildman–Crippen LogP) is 2.39. The summed E-state index contributed by atoms with van der Waals surface area (Å²) < 4.78 is 35.5. The van der Waals surface area contributed by atoms with Crippen LogP contribution in [0.3, 0.4) is 0 Å². The van der Waals surface area contributed by atoms with Crippen LogP contribution < -0.4 is 0 Å². The van der Waals surface area contributed by atoms with E-state index in [0.29, 0.717) is 0 Å². The molecular formula is C5H6BrF3N2. The van der Waals surface area contributed by atoms with Gasteiger partial charge in [0.1, 0.15) is 0 Å². The summed E-state index contributed by atoms with van der Waals surface area (Å²) in [5.74, 6) is -1.11. The van der Waals surface area contributed by atoms with Crippen molar-refractivity contribution >= 4 is 26.9 Å². The standard InChI is InChI=1S/C5H6BrF3N2/c1-2-10-4(11-3-6)5(7,8)9/h3H,2H2,1H3. The summed E-state index contributed by atoms with van der Waals surface area (Å²) in [6.45, 7) is 1.58. The number of aliphatic imine (C=N–C) groups is 2. The smallest absolute Gasteiger partial charge is 0.263 e. The molecule has 0 heterocycles. The summed E-state index contributed by atoms with van der Waals surface area (Å²) in [4.78, 5) is 6.15. The maximum Gasteiger partial charge on any atom is 0.451 e. The maximum atomic E-state index is 11.8. The molecule has 0 bridgehead atoms. The fraction of sp³-hybridized carbons (Fsp3) is 0.600. The summed E-state index contributed by atoms with van der Waals surface area (Å²) in [5, 5.41) is 0.884. The number of nitrogens with zero attached hydrogens (tertiary/aromatic N) is 2. The zero-order valence-electron chi connectivity index (χ0n) is 5.69. The Bertz CT molecular complexity index is 173. The highest BCUT2D eigenvalue weighted by Crippen LogP contribution is 2.17.